The van der Waals surface area contributed by atoms with E-state index in [1.165, 1.54) is 4.88 Å². The van der Waals surface area contributed by atoms with Crippen LogP contribution in [0.1, 0.15) is 44.0 Å². The highest BCUT2D eigenvalue weighted by Crippen LogP contribution is 2.22. The minimum absolute atomic E-state index is 0.246. The van der Waals surface area contributed by atoms with Crippen LogP contribution in [0.5, 0.6) is 0 Å². The van der Waals surface area contributed by atoms with Crippen molar-refractivity contribution in [1.82, 2.24) is 5.32 Å². The lowest BCUT2D eigenvalue weighted by molar-refractivity contribution is 0.499. The second-order valence-electron chi connectivity index (χ2n) is 4.40. The zero-order valence-electron chi connectivity index (χ0n) is 11.2. The predicted octanol–water partition coefficient (Wildman–Crippen LogP) is 3.00. The Hall–Kier alpha value is -0.390. The van der Waals surface area contributed by atoms with Gasteiger partial charge in [0.05, 0.1) is 5.75 Å². The maximum atomic E-state index is 11.4. The molecule has 1 N–H and O–H groups in total. The molecule has 0 aliphatic rings. The first-order valence-corrected chi connectivity index (χ1v) is 9.26. The maximum absolute atomic E-state index is 11.4. The summed E-state index contributed by atoms with van der Waals surface area (Å²) in [5, 5.41) is 5.55. The van der Waals surface area contributed by atoms with Crippen molar-refractivity contribution in [2.24, 2.45) is 0 Å². The van der Waals surface area contributed by atoms with Gasteiger partial charge in [-0.3, -0.25) is 0 Å². The molecule has 5 heteroatoms. The van der Waals surface area contributed by atoms with Crippen LogP contribution < -0.4 is 5.32 Å². The number of hydrogen-bond donors (Lipinski definition) is 1. The normalized spacial score (nSPS) is 13.7. The van der Waals surface area contributed by atoms with Crippen LogP contribution in [-0.2, 0) is 9.84 Å². The fourth-order valence-electron chi connectivity index (χ4n) is 1.84. The van der Waals surface area contributed by atoms with E-state index in [1.807, 2.05) is 0 Å². The molecule has 1 atom stereocenters. The van der Waals surface area contributed by atoms with Gasteiger partial charge >= 0.3 is 0 Å². The Labute approximate surface area is 115 Å². The second-order valence-corrected chi connectivity index (χ2v) is 7.85. The molecule has 0 radical (unpaired) electrons. The highest BCUT2D eigenvalue weighted by atomic mass is 32.2. The minimum atomic E-state index is -2.82. The average Bonchev–Trinajstić information content (AvgIpc) is 2.87. The van der Waals surface area contributed by atoms with Gasteiger partial charge in [0.2, 0.25) is 0 Å². The van der Waals surface area contributed by atoms with Gasteiger partial charge in [-0.25, -0.2) is 8.42 Å². The van der Waals surface area contributed by atoms with Gasteiger partial charge in [0.25, 0.3) is 0 Å². The van der Waals surface area contributed by atoms with Crippen molar-refractivity contribution in [3.63, 3.8) is 0 Å². The van der Waals surface area contributed by atoms with Crippen LogP contribution in [0.4, 0.5) is 0 Å². The van der Waals surface area contributed by atoms with E-state index in [4.69, 9.17) is 0 Å². The van der Waals surface area contributed by atoms with Gasteiger partial charge in [-0.05, 0) is 30.8 Å². The van der Waals surface area contributed by atoms with Crippen molar-refractivity contribution < 1.29 is 8.42 Å². The number of thiophene rings is 1. The van der Waals surface area contributed by atoms with Crippen LogP contribution in [0.15, 0.2) is 17.5 Å². The molecule has 0 amide bonds. The third-order valence-corrected chi connectivity index (χ3v) is 5.70. The summed E-state index contributed by atoms with van der Waals surface area (Å²) in [5.41, 5.74) is 0. The Morgan fingerprint density at radius 2 is 2.17 bits per heavy atom. The van der Waals surface area contributed by atoms with E-state index in [9.17, 15) is 8.42 Å². The van der Waals surface area contributed by atoms with E-state index in [0.29, 0.717) is 18.2 Å². The fraction of sp³-hybridized carbons (Fsp3) is 0.692. The largest absolute Gasteiger partial charge is 0.309 e. The Kier molecular flexibility index (Phi) is 6.89. The molecule has 0 aromatic carbocycles. The molecule has 0 aliphatic heterocycles. The summed E-state index contributed by atoms with van der Waals surface area (Å²) in [6, 6.07) is 4.58. The molecular formula is C13H23NO2S2. The standard InChI is InChI=1S/C13H23NO2S2/c1-3-7-12(13-8-5-10-17-13)14-9-6-11-18(15,16)4-2/h5,8,10,12,14H,3-4,6-7,9,11H2,1-2H3. The molecular weight excluding hydrogens is 266 g/mol. The third-order valence-electron chi connectivity index (χ3n) is 2.93. The number of nitrogens with one attached hydrogen (secondary N) is 1. The van der Waals surface area contributed by atoms with Crippen LogP contribution in [0.25, 0.3) is 0 Å². The summed E-state index contributed by atoms with van der Waals surface area (Å²) >= 11 is 1.76. The average molecular weight is 289 g/mol. The van der Waals surface area contributed by atoms with Gasteiger partial charge < -0.3 is 5.32 Å². The number of hydrogen-bond acceptors (Lipinski definition) is 4. The second kappa shape index (κ2) is 7.92. The summed E-state index contributed by atoms with van der Waals surface area (Å²) in [4.78, 5) is 1.34. The molecule has 1 rings (SSSR count). The zero-order chi connectivity index (χ0) is 13.4. The van der Waals surface area contributed by atoms with Crippen LogP contribution >= 0.6 is 11.3 Å². The van der Waals surface area contributed by atoms with Crippen LogP contribution in [0, 0.1) is 0 Å². The van der Waals surface area contributed by atoms with Crippen LogP contribution in [-0.4, -0.2) is 26.5 Å². The first-order valence-electron chi connectivity index (χ1n) is 6.56. The molecule has 1 unspecified atom stereocenters. The Balaban J connectivity index is 2.35. The lowest BCUT2D eigenvalue weighted by Gasteiger charge is -2.16. The van der Waals surface area contributed by atoms with Crippen LogP contribution in [0.2, 0.25) is 0 Å². The fourth-order valence-corrected chi connectivity index (χ4v) is 3.55. The van der Waals surface area contributed by atoms with E-state index in [0.717, 1.165) is 19.4 Å². The number of rotatable bonds is 9. The van der Waals surface area contributed by atoms with E-state index in [-0.39, 0.29) is 5.75 Å². The van der Waals surface area contributed by atoms with Gasteiger partial charge in [0.1, 0.15) is 9.84 Å². The van der Waals surface area contributed by atoms with E-state index < -0.39 is 9.84 Å². The van der Waals surface area contributed by atoms with Crippen molar-refractivity contribution in [1.29, 1.82) is 0 Å². The SMILES string of the molecule is CCCC(NCCCS(=O)(=O)CC)c1cccs1. The Morgan fingerprint density at radius 3 is 2.72 bits per heavy atom. The van der Waals surface area contributed by atoms with Crippen molar-refractivity contribution in [2.45, 2.75) is 39.2 Å². The van der Waals surface area contributed by atoms with E-state index in [1.54, 1.807) is 18.3 Å². The molecule has 1 aromatic heterocycles. The van der Waals surface area contributed by atoms with Crippen molar-refractivity contribution in [3.8, 4) is 0 Å². The van der Waals surface area contributed by atoms with E-state index >= 15 is 0 Å². The summed E-state index contributed by atoms with van der Waals surface area (Å²) in [6.45, 7) is 4.64. The Bertz CT molecular complexity index is 412. The first kappa shape index (κ1) is 15.7. The quantitative estimate of drug-likeness (QED) is 0.711. The topological polar surface area (TPSA) is 46.2 Å². The number of sulfone groups is 1. The lowest BCUT2D eigenvalue weighted by Crippen LogP contribution is -2.23. The summed E-state index contributed by atoms with van der Waals surface area (Å²) < 4.78 is 22.7. The molecule has 0 aliphatic carbocycles. The smallest absolute Gasteiger partial charge is 0.150 e. The highest BCUT2D eigenvalue weighted by molar-refractivity contribution is 7.91. The molecule has 0 saturated carbocycles. The molecule has 0 saturated heterocycles. The Morgan fingerprint density at radius 1 is 1.39 bits per heavy atom. The van der Waals surface area contributed by atoms with E-state index in [2.05, 4.69) is 29.8 Å². The molecule has 0 bridgehead atoms. The summed E-state index contributed by atoms with van der Waals surface area (Å²) in [6.07, 6.45) is 2.92. The van der Waals surface area contributed by atoms with Crippen molar-refractivity contribution in [3.05, 3.63) is 22.4 Å². The monoisotopic (exact) mass is 289 g/mol. The van der Waals surface area contributed by atoms with Crippen molar-refractivity contribution >= 4 is 21.2 Å². The molecule has 104 valence electrons. The first-order chi connectivity index (χ1) is 8.59. The highest BCUT2D eigenvalue weighted by Gasteiger charge is 2.11. The van der Waals surface area contributed by atoms with Crippen LogP contribution in [0.3, 0.4) is 0 Å². The van der Waals surface area contributed by atoms with Gasteiger partial charge in [-0.15, -0.1) is 11.3 Å². The molecule has 3 nitrogen and oxygen atoms in total. The lowest BCUT2D eigenvalue weighted by atomic mass is 10.1. The zero-order valence-corrected chi connectivity index (χ0v) is 12.8. The van der Waals surface area contributed by atoms with Crippen molar-refractivity contribution in [2.75, 3.05) is 18.1 Å². The molecule has 1 aromatic rings. The third kappa shape index (κ3) is 5.50. The molecule has 1 heterocycles. The van der Waals surface area contributed by atoms with Gasteiger partial charge in [-0.2, -0.15) is 0 Å². The van der Waals surface area contributed by atoms with Gasteiger partial charge in [-0.1, -0.05) is 26.3 Å². The molecule has 18 heavy (non-hydrogen) atoms. The summed E-state index contributed by atoms with van der Waals surface area (Å²) in [7, 11) is -2.82. The minimum Gasteiger partial charge on any atom is -0.309 e. The summed E-state index contributed by atoms with van der Waals surface area (Å²) in [5.74, 6) is 0.538. The maximum Gasteiger partial charge on any atom is 0.150 e. The van der Waals surface area contributed by atoms with Gasteiger partial charge in [0, 0.05) is 16.7 Å². The molecule has 0 fully saturated rings. The predicted molar refractivity (Wildman–Crippen MR) is 78.9 cm³/mol. The van der Waals surface area contributed by atoms with Gasteiger partial charge in [0.15, 0.2) is 0 Å². The molecule has 0 spiro atoms.